The van der Waals surface area contributed by atoms with Crippen LogP contribution in [0.15, 0.2) is 107 Å². The molecule has 1 aromatic heterocycles. The highest BCUT2D eigenvalue weighted by molar-refractivity contribution is 7.16. The third-order valence-corrected chi connectivity index (χ3v) is 6.63. The molecule has 0 aliphatic heterocycles. The predicted octanol–water partition coefficient (Wildman–Crippen LogP) is 6.29. The first kappa shape index (κ1) is 24.5. The third-order valence-electron chi connectivity index (χ3n) is 5.58. The topological polar surface area (TPSA) is 125 Å². The van der Waals surface area contributed by atoms with E-state index >= 15 is 0 Å². The summed E-state index contributed by atoms with van der Waals surface area (Å²) in [6.45, 7) is 0.667. The van der Waals surface area contributed by atoms with Crippen molar-refractivity contribution in [2.24, 2.45) is 10.2 Å². The van der Waals surface area contributed by atoms with Crippen LogP contribution in [-0.4, -0.2) is 20.6 Å². The summed E-state index contributed by atoms with van der Waals surface area (Å²) in [6.07, 6.45) is 1.61. The van der Waals surface area contributed by atoms with Crippen LogP contribution in [0.3, 0.4) is 0 Å². The second-order valence-electron chi connectivity index (χ2n) is 8.11. The summed E-state index contributed by atoms with van der Waals surface area (Å²) in [6, 6.07) is 28.2. The number of hydrogen-bond donors (Lipinski definition) is 0. The summed E-state index contributed by atoms with van der Waals surface area (Å²) < 4.78 is 8.84. The minimum Gasteiger partial charge on any atom is -0.450 e. The molecular formula is C27H19N5O5S. The maximum Gasteiger partial charge on any atom is 0.318 e. The highest BCUT2D eigenvalue weighted by atomic mass is 32.1. The Bertz CT molecular complexity index is 1730. The molecule has 4 aromatic carbocycles. The molecule has 0 aliphatic rings. The van der Waals surface area contributed by atoms with Gasteiger partial charge in [-0.15, -0.1) is 5.10 Å². The van der Waals surface area contributed by atoms with Gasteiger partial charge in [-0.3, -0.25) is 20.2 Å². The maximum absolute atomic E-state index is 11.3. The van der Waals surface area contributed by atoms with E-state index in [1.165, 1.54) is 6.07 Å². The Morgan fingerprint density at radius 2 is 1.61 bits per heavy atom. The number of nitro groups is 2. The van der Waals surface area contributed by atoms with Crippen molar-refractivity contribution >= 4 is 39.1 Å². The van der Waals surface area contributed by atoms with Gasteiger partial charge in [0.1, 0.15) is 5.75 Å². The van der Waals surface area contributed by atoms with Crippen LogP contribution in [0.5, 0.6) is 11.5 Å². The standard InChI is InChI=1S/C27H19N5O5S/c33-31(34)21-12-15-25(24(16-21)32(35)36)37-22-13-10-19(11-14-22)17-28-29-27-30(18-20-6-2-1-3-7-20)23-8-4-5-9-26(23)38-27/h1-17H,18H2/b28-17+,29-27+. The van der Waals surface area contributed by atoms with Crippen molar-refractivity contribution in [2.45, 2.75) is 6.54 Å². The van der Waals surface area contributed by atoms with E-state index in [0.29, 0.717) is 12.3 Å². The summed E-state index contributed by atoms with van der Waals surface area (Å²) in [5, 5.41) is 31.0. The number of hydrogen-bond acceptors (Lipinski definition) is 8. The molecular weight excluding hydrogens is 506 g/mol. The van der Waals surface area contributed by atoms with Crippen molar-refractivity contribution in [1.29, 1.82) is 0 Å². The number of rotatable bonds is 8. The Morgan fingerprint density at radius 1 is 0.868 bits per heavy atom. The molecule has 10 nitrogen and oxygen atoms in total. The van der Waals surface area contributed by atoms with Crippen LogP contribution in [0.2, 0.25) is 0 Å². The Kier molecular flexibility index (Phi) is 7.00. The highest BCUT2D eigenvalue weighted by Crippen LogP contribution is 2.34. The van der Waals surface area contributed by atoms with Crippen molar-refractivity contribution in [3.63, 3.8) is 0 Å². The van der Waals surface area contributed by atoms with E-state index in [-0.39, 0.29) is 11.4 Å². The van der Waals surface area contributed by atoms with Crippen LogP contribution in [-0.2, 0) is 6.54 Å². The average Bonchev–Trinajstić information content (AvgIpc) is 3.27. The van der Waals surface area contributed by atoms with E-state index < -0.39 is 15.5 Å². The minimum absolute atomic E-state index is 0.0928. The molecule has 0 spiro atoms. The van der Waals surface area contributed by atoms with Crippen LogP contribution in [0, 0.1) is 20.2 Å². The molecule has 38 heavy (non-hydrogen) atoms. The second-order valence-corrected chi connectivity index (χ2v) is 9.12. The van der Waals surface area contributed by atoms with E-state index in [2.05, 4.69) is 39.0 Å². The van der Waals surface area contributed by atoms with E-state index in [9.17, 15) is 20.2 Å². The molecule has 0 saturated heterocycles. The van der Waals surface area contributed by atoms with Crippen molar-refractivity contribution in [2.75, 3.05) is 0 Å². The van der Waals surface area contributed by atoms with Gasteiger partial charge in [0.25, 0.3) is 5.69 Å². The van der Waals surface area contributed by atoms with Crippen molar-refractivity contribution < 1.29 is 14.6 Å². The predicted molar refractivity (Wildman–Crippen MR) is 145 cm³/mol. The van der Waals surface area contributed by atoms with E-state index in [1.807, 2.05) is 30.3 Å². The van der Waals surface area contributed by atoms with Crippen LogP contribution in [0.4, 0.5) is 11.4 Å². The van der Waals surface area contributed by atoms with Gasteiger partial charge < -0.3 is 9.30 Å². The lowest BCUT2D eigenvalue weighted by atomic mass is 10.2. The first-order chi connectivity index (χ1) is 18.5. The number of aromatic nitrogens is 1. The maximum atomic E-state index is 11.3. The Balaban J connectivity index is 1.37. The Morgan fingerprint density at radius 3 is 2.34 bits per heavy atom. The Labute approximate surface area is 219 Å². The van der Waals surface area contributed by atoms with Gasteiger partial charge in [0.2, 0.25) is 10.6 Å². The molecule has 5 aromatic rings. The van der Waals surface area contributed by atoms with Gasteiger partial charge in [-0.05, 0) is 53.6 Å². The number of non-ortho nitro benzene ring substituents is 1. The van der Waals surface area contributed by atoms with E-state index in [0.717, 1.165) is 38.3 Å². The number of nitrogens with zero attached hydrogens (tertiary/aromatic N) is 5. The number of thiazole rings is 1. The van der Waals surface area contributed by atoms with E-state index in [1.54, 1.807) is 41.8 Å². The SMILES string of the molecule is O=[N+]([O-])c1ccc(Oc2ccc(/C=N/N=c3/sc4ccccc4n3Cc3ccccc3)cc2)c([N+](=O)[O-])c1. The smallest absolute Gasteiger partial charge is 0.318 e. The highest BCUT2D eigenvalue weighted by Gasteiger charge is 2.21. The van der Waals surface area contributed by atoms with Gasteiger partial charge in [-0.2, -0.15) is 5.10 Å². The number of ether oxygens (including phenoxy) is 1. The lowest BCUT2D eigenvalue weighted by Gasteiger charge is -2.06. The fourth-order valence-corrected chi connectivity index (χ4v) is 4.75. The van der Waals surface area contributed by atoms with Crippen LogP contribution in [0.25, 0.3) is 10.2 Å². The fraction of sp³-hybridized carbons (Fsp3) is 0.0370. The van der Waals surface area contributed by atoms with Crippen molar-refractivity contribution in [1.82, 2.24) is 4.57 Å². The molecule has 0 bridgehead atoms. The van der Waals surface area contributed by atoms with Crippen LogP contribution < -0.4 is 9.54 Å². The lowest BCUT2D eigenvalue weighted by Crippen LogP contribution is -2.15. The van der Waals surface area contributed by atoms with Crippen molar-refractivity contribution in [3.05, 3.63) is 133 Å². The molecule has 0 aliphatic carbocycles. The first-order valence-corrected chi connectivity index (χ1v) is 12.2. The molecule has 0 fully saturated rings. The molecule has 0 N–H and O–H groups in total. The second kappa shape index (κ2) is 10.8. The normalized spacial score (nSPS) is 11.7. The largest absolute Gasteiger partial charge is 0.450 e. The number of para-hydroxylation sites is 1. The lowest BCUT2D eigenvalue weighted by molar-refractivity contribution is -0.394. The summed E-state index contributed by atoms with van der Waals surface area (Å²) >= 11 is 1.55. The van der Waals surface area contributed by atoms with Gasteiger partial charge >= 0.3 is 5.69 Å². The minimum atomic E-state index is -0.719. The average molecular weight is 526 g/mol. The van der Waals surface area contributed by atoms with Gasteiger partial charge in [0.05, 0.1) is 38.9 Å². The zero-order chi connectivity index (χ0) is 26.5. The molecule has 188 valence electrons. The Hall–Kier alpha value is -5.16. The molecule has 0 saturated carbocycles. The molecule has 0 atom stereocenters. The molecule has 5 rings (SSSR count). The fourth-order valence-electron chi connectivity index (χ4n) is 3.76. The number of fused-ring (bicyclic) bond motifs is 1. The van der Waals surface area contributed by atoms with Gasteiger partial charge in [0, 0.05) is 6.07 Å². The van der Waals surface area contributed by atoms with Gasteiger partial charge in [0.15, 0.2) is 0 Å². The molecule has 0 radical (unpaired) electrons. The van der Waals surface area contributed by atoms with Gasteiger partial charge in [-0.1, -0.05) is 53.8 Å². The zero-order valence-electron chi connectivity index (χ0n) is 19.7. The molecule has 1 heterocycles. The third kappa shape index (κ3) is 5.47. The molecule has 11 heteroatoms. The first-order valence-electron chi connectivity index (χ1n) is 11.4. The molecule has 0 amide bonds. The summed E-state index contributed by atoms with van der Waals surface area (Å²) in [4.78, 5) is 21.6. The summed E-state index contributed by atoms with van der Waals surface area (Å²) in [7, 11) is 0. The van der Waals surface area contributed by atoms with Crippen LogP contribution in [0.1, 0.15) is 11.1 Å². The number of nitro benzene ring substituents is 2. The quantitative estimate of drug-likeness (QED) is 0.134. The zero-order valence-corrected chi connectivity index (χ0v) is 20.5. The van der Waals surface area contributed by atoms with Gasteiger partial charge in [-0.25, -0.2) is 0 Å². The van der Waals surface area contributed by atoms with Crippen molar-refractivity contribution in [3.8, 4) is 11.5 Å². The van der Waals surface area contributed by atoms with E-state index in [4.69, 9.17) is 4.74 Å². The number of benzene rings is 4. The van der Waals surface area contributed by atoms with Crippen LogP contribution >= 0.6 is 11.3 Å². The summed E-state index contributed by atoms with van der Waals surface area (Å²) in [5.74, 6) is 0.242. The molecule has 0 unspecified atom stereocenters. The summed E-state index contributed by atoms with van der Waals surface area (Å²) in [5.41, 5.74) is 2.11. The monoisotopic (exact) mass is 525 g/mol.